The van der Waals surface area contributed by atoms with Crippen LogP contribution in [0.4, 0.5) is 0 Å². The first-order valence-electron chi connectivity index (χ1n) is 2.62. The summed E-state index contributed by atoms with van der Waals surface area (Å²) in [7, 11) is 0. The van der Waals surface area contributed by atoms with Crippen LogP contribution < -0.4 is 5.49 Å². The summed E-state index contributed by atoms with van der Waals surface area (Å²) in [6, 6.07) is 3.17. The van der Waals surface area contributed by atoms with Crippen LogP contribution in [0.1, 0.15) is 0 Å². The predicted octanol–water partition coefficient (Wildman–Crippen LogP) is 0.322. The third-order valence-corrected chi connectivity index (χ3v) is 1.64. The minimum absolute atomic E-state index is 0.0159. The molecule has 0 spiro atoms. The van der Waals surface area contributed by atoms with Crippen LogP contribution in [0.15, 0.2) is 17.2 Å². The molecule has 0 fully saturated rings. The SMILES string of the molecule is CSc1ccc(=N)n(O)n1. The van der Waals surface area contributed by atoms with Crippen LogP contribution in [-0.4, -0.2) is 21.4 Å². The monoisotopic (exact) mass is 157 g/mol. The van der Waals surface area contributed by atoms with Crippen LogP contribution in [0.2, 0.25) is 0 Å². The number of nitrogens with zero attached hydrogens (tertiary/aromatic N) is 2. The molecule has 0 atom stereocenters. The number of hydrogen-bond donors (Lipinski definition) is 2. The molecular weight excluding hydrogens is 150 g/mol. The summed E-state index contributed by atoms with van der Waals surface area (Å²) in [4.78, 5) is 0.547. The second kappa shape index (κ2) is 2.74. The minimum Gasteiger partial charge on any atom is -0.410 e. The van der Waals surface area contributed by atoms with E-state index in [9.17, 15) is 0 Å². The zero-order valence-corrected chi connectivity index (χ0v) is 6.22. The van der Waals surface area contributed by atoms with Gasteiger partial charge < -0.3 is 5.21 Å². The van der Waals surface area contributed by atoms with E-state index in [-0.39, 0.29) is 5.49 Å². The van der Waals surface area contributed by atoms with Gasteiger partial charge in [0.25, 0.3) is 0 Å². The van der Waals surface area contributed by atoms with E-state index >= 15 is 0 Å². The first kappa shape index (κ1) is 7.14. The van der Waals surface area contributed by atoms with E-state index in [4.69, 9.17) is 10.6 Å². The number of nitrogens with one attached hydrogen (secondary N) is 1. The Morgan fingerprint density at radius 2 is 2.40 bits per heavy atom. The van der Waals surface area contributed by atoms with Gasteiger partial charge in [-0.25, -0.2) is 0 Å². The van der Waals surface area contributed by atoms with E-state index in [1.54, 1.807) is 6.07 Å². The van der Waals surface area contributed by atoms with Gasteiger partial charge in [0.1, 0.15) is 5.03 Å². The normalized spacial score (nSPS) is 9.70. The van der Waals surface area contributed by atoms with Crippen LogP contribution in [0.25, 0.3) is 0 Å². The average Bonchev–Trinajstić information content (AvgIpc) is 1.95. The first-order chi connectivity index (χ1) is 4.74. The standard InChI is InChI=1S/C5H7N3OS/c1-10-5-3-2-4(6)8(9)7-5/h2-3,6,9H,1H3. The van der Waals surface area contributed by atoms with Crippen molar-refractivity contribution in [3.05, 3.63) is 17.6 Å². The molecule has 0 aromatic carbocycles. The second-order valence-corrected chi connectivity index (χ2v) is 2.48. The van der Waals surface area contributed by atoms with Crippen LogP contribution in [-0.2, 0) is 0 Å². The highest BCUT2D eigenvalue weighted by Crippen LogP contribution is 2.05. The molecule has 0 saturated carbocycles. The van der Waals surface area contributed by atoms with Crippen molar-refractivity contribution in [1.82, 2.24) is 9.94 Å². The number of aromatic nitrogens is 2. The lowest BCUT2D eigenvalue weighted by atomic mass is 10.6. The molecule has 1 heterocycles. The Kier molecular flexibility index (Phi) is 1.96. The molecule has 1 aromatic rings. The maximum absolute atomic E-state index is 8.84. The highest BCUT2D eigenvalue weighted by atomic mass is 32.2. The number of hydrogen-bond acceptors (Lipinski definition) is 4. The summed E-state index contributed by atoms with van der Waals surface area (Å²) in [5.74, 6) is 0. The van der Waals surface area contributed by atoms with E-state index in [0.29, 0.717) is 9.87 Å². The Bertz CT molecular complexity index is 282. The molecule has 0 aliphatic rings. The summed E-state index contributed by atoms with van der Waals surface area (Å²) in [6.45, 7) is 0. The Morgan fingerprint density at radius 1 is 1.70 bits per heavy atom. The minimum atomic E-state index is -0.0159. The van der Waals surface area contributed by atoms with Gasteiger partial charge in [-0.2, -0.15) is 0 Å². The molecule has 0 unspecified atom stereocenters. The van der Waals surface area contributed by atoms with E-state index in [1.165, 1.54) is 17.8 Å². The van der Waals surface area contributed by atoms with E-state index in [1.807, 2.05) is 6.26 Å². The Balaban J connectivity index is 3.17. The lowest BCUT2D eigenvalue weighted by Crippen LogP contribution is -2.19. The quantitative estimate of drug-likeness (QED) is 0.456. The third-order valence-electron chi connectivity index (χ3n) is 1.00. The topological polar surface area (TPSA) is 61.9 Å². The molecule has 5 heteroatoms. The summed E-state index contributed by atoms with van der Waals surface area (Å²) in [5.41, 5.74) is -0.0159. The van der Waals surface area contributed by atoms with E-state index in [0.717, 1.165) is 0 Å². The molecule has 4 nitrogen and oxygen atoms in total. The van der Waals surface area contributed by atoms with E-state index < -0.39 is 0 Å². The zero-order valence-electron chi connectivity index (χ0n) is 5.40. The van der Waals surface area contributed by atoms with Gasteiger partial charge in [0.15, 0.2) is 5.49 Å². The van der Waals surface area contributed by atoms with E-state index in [2.05, 4.69) is 5.10 Å². The highest BCUT2D eigenvalue weighted by Gasteiger charge is 1.92. The van der Waals surface area contributed by atoms with Crippen LogP contribution in [0.3, 0.4) is 0 Å². The summed E-state index contributed by atoms with van der Waals surface area (Å²) in [5, 5.41) is 20.2. The molecule has 0 aliphatic heterocycles. The molecule has 1 aromatic heterocycles. The van der Waals surface area contributed by atoms with Gasteiger partial charge >= 0.3 is 0 Å². The molecule has 0 saturated heterocycles. The molecule has 2 N–H and O–H groups in total. The van der Waals surface area contributed by atoms with Gasteiger partial charge in [0.2, 0.25) is 0 Å². The lowest BCUT2D eigenvalue weighted by Gasteiger charge is -1.96. The maximum Gasteiger partial charge on any atom is 0.182 e. The average molecular weight is 157 g/mol. The van der Waals surface area contributed by atoms with Crippen molar-refractivity contribution in [2.24, 2.45) is 0 Å². The molecule has 0 aliphatic carbocycles. The molecule has 0 bridgehead atoms. The Labute approximate surface area is 62.0 Å². The van der Waals surface area contributed by atoms with Gasteiger partial charge in [-0.05, 0) is 18.4 Å². The summed E-state index contributed by atoms with van der Waals surface area (Å²) >= 11 is 1.42. The smallest absolute Gasteiger partial charge is 0.182 e. The molecule has 54 valence electrons. The fourth-order valence-electron chi connectivity index (χ4n) is 0.506. The van der Waals surface area contributed by atoms with Crippen molar-refractivity contribution in [3.63, 3.8) is 0 Å². The van der Waals surface area contributed by atoms with Crippen molar-refractivity contribution >= 4 is 11.8 Å². The van der Waals surface area contributed by atoms with Gasteiger partial charge in [-0.1, -0.05) is 4.85 Å². The maximum atomic E-state index is 8.84. The van der Waals surface area contributed by atoms with Crippen LogP contribution in [0, 0.1) is 5.41 Å². The predicted molar refractivity (Wildman–Crippen MR) is 37.0 cm³/mol. The van der Waals surface area contributed by atoms with Crippen LogP contribution >= 0.6 is 11.8 Å². The van der Waals surface area contributed by atoms with Crippen LogP contribution in [0.5, 0.6) is 0 Å². The fourth-order valence-corrected chi connectivity index (χ4v) is 0.869. The highest BCUT2D eigenvalue weighted by molar-refractivity contribution is 7.98. The van der Waals surface area contributed by atoms with Gasteiger partial charge in [-0.15, -0.1) is 16.9 Å². The van der Waals surface area contributed by atoms with Gasteiger partial charge in [0, 0.05) is 0 Å². The fraction of sp³-hybridized carbons (Fsp3) is 0.200. The molecular formula is C5H7N3OS. The van der Waals surface area contributed by atoms with Crippen molar-refractivity contribution < 1.29 is 5.21 Å². The largest absolute Gasteiger partial charge is 0.410 e. The summed E-state index contributed by atoms with van der Waals surface area (Å²) < 4.78 is 0. The Morgan fingerprint density at radius 3 is 2.90 bits per heavy atom. The Hall–Kier alpha value is -0.970. The molecule has 0 amide bonds. The van der Waals surface area contributed by atoms with Crippen molar-refractivity contribution in [3.8, 4) is 0 Å². The number of rotatable bonds is 1. The molecule has 0 radical (unpaired) electrons. The number of thioether (sulfide) groups is 1. The lowest BCUT2D eigenvalue weighted by molar-refractivity contribution is 0.124. The summed E-state index contributed by atoms with van der Waals surface area (Å²) in [6.07, 6.45) is 1.85. The van der Waals surface area contributed by atoms with Gasteiger partial charge in [-0.3, -0.25) is 5.41 Å². The first-order valence-corrected chi connectivity index (χ1v) is 3.85. The van der Waals surface area contributed by atoms with Crippen molar-refractivity contribution in [2.45, 2.75) is 5.03 Å². The second-order valence-electron chi connectivity index (χ2n) is 1.65. The third kappa shape index (κ3) is 1.30. The van der Waals surface area contributed by atoms with Crippen molar-refractivity contribution in [2.75, 3.05) is 6.26 Å². The molecule has 1 rings (SSSR count). The zero-order chi connectivity index (χ0) is 7.56. The van der Waals surface area contributed by atoms with Gasteiger partial charge in [0.05, 0.1) is 0 Å². The molecule has 10 heavy (non-hydrogen) atoms. The van der Waals surface area contributed by atoms with Crippen molar-refractivity contribution in [1.29, 1.82) is 5.41 Å².